The molecule has 11 nitrogen and oxygen atoms in total. The van der Waals surface area contributed by atoms with Crippen LogP contribution in [0.25, 0.3) is 0 Å². The van der Waals surface area contributed by atoms with Crippen LogP contribution in [0.15, 0.2) is 0 Å². The van der Waals surface area contributed by atoms with E-state index in [-0.39, 0.29) is 0 Å². The summed E-state index contributed by atoms with van der Waals surface area (Å²) in [4.78, 5) is 10.7. The first kappa shape index (κ1) is 19.1. The predicted molar refractivity (Wildman–Crippen MR) is 61.7 cm³/mol. The summed E-state index contributed by atoms with van der Waals surface area (Å²) in [6.07, 6.45) is -4.76. The normalized spacial score (nSPS) is 33.9. The van der Waals surface area contributed by atoms with E-state index in [1.54, 1.807) is 0 Å². The summed E-state index contributed by atoms with van der Waals surface area (Å²) >= 11 is 0. The predicted octanol–water partition coefficient (Wildman–Crippen LogP) is -3.34. The summed E-state index contributed by atoms with van der Waals surface area (Å²) in [6, 6.07) is -1.04. The van der Waals surface area contributed by atoms with Crippen LogP contribution in [0.3, 0.4) is 0 Å². The van der Waals surface area contributed by atoms with E-state index in [4.69, 9.17) is 33.1 Å². The molecule has 0 radical (unpaired) electrons. The lowest BCUT2D eigenvalue weighted by Gasteiger charge is -2.39. The monoisotopic (exact) mass is 319 g/mol. The van der Waals surface area contributed by atoms with Crippen molar-refractivity contribution in [2.45, 2.75) is 37.6 Å². The van der Waals surface area contributed by atoms with E-state index >= 15 is 0 Å². The lowest BCUT2D eigenvalue weighted by molar-refractivity contribution is -0.258. The molecule has 1 heterocycles. The Hall–Kier alpha value is -0.860. The lowest BCUT2D eigenvalue weighted by atomic mass is 9.98. The second-order valence-corrected chi connectivity index (χ2v) is 4.74. The molecule has 1 unspecified atom stereocenters. The molecule has 5 atom stereocenters. The molecule has 7 N–H and O–H groups in total. The minimum atomic E-state index is -4.67. The van der Waals surface area contributed by atoms with Gasteiger partial charge < -0.3 is 30.5 Å². The summed E-state index contributed by atoms with van der Waals surface area (Å²) in [5.74, 6) is -0.615. The summed E-state index contributed by atoms with van der Waals surface area (Å²) in [5, 5.41) is 27.7. The quantitative estimate of drug-likeness (QED) is 0.220. The standard InChI is InChI=1S/C8H15NO6.H2O4S/c1-3(11)14-8-5(9)7(13)6(12)4(2-10)15-8;1-5(2,3)4/h4-8,10,12-13H,2,9H2,1H3;(H2,1,2,3,4)/t4-,5-,6+,7-,8?;/m1./s1. The number of aliphatic hydroxyl groups excluding tert-OH is 3. The van der Waals surface area contributed by atoms with E-state index in [0.29, 0.717) is 0 Å². The molecule has 0 amide bonds. The van der Waals surface area contributed by atoms with Gasteiger partial charge in [0, 0.05) is 6.92 Å². The topological polar surface area (TPSA) is 197 Å². The SMILES string of the molecule is CC(=O)OC1O[C@H](CO)[C@H](O)[C@H](O)[C@H]1N.O=S(=O)(O)O. The fourth-order valence-corrected chi connectivity index (χ4v) is 1.37. The number of esters is 1. The Morgan fingerprint density at radius 3 is 2.10 bits per heavy atom. The fourth-order valence-electron chi connectivity index (χ4n) is 1.37. The maximum Gasteiger partial charge on any atom is 0.394 e. The van der Waals surface area contributed by atoms with Gasteiger partial charge in [0.15, 0.2) is 0 Å². The van der Waals surface area contributed by atoms with E-state index < -0.39 is 53.6 Å². The summed E-state index contributed by atoms with van der Waals surface area (Å²) < 4.78 is 41.3. The van der Waals surface area contributed by atoms with Crippen LogP contribution in [-0.4, -0.2) is 76.1 Å². The van der Waals surface area contributed by atoms with E-state index in [9.17, 15) is 15.0 Å². The molecule has 0 saturated carbocycles. The first-order valence-corrected chi connectivity index (χ1v) is 6.62. The van der Waals surface area contributed by atoms with Crippen LogP contribution in [-0.2, 0) is 24.7 Å². The van der Waals surface area contributed by atoms with Gasteiger partial charge in [0.05, 0.1) is 12.6 Å². The molecule has 1 rings (SSSR count). The van der Waals surface area contributed by atoms with Gasteiger partial charge in [0.1, 0.15) is 18.3 Å². The minimum absolute atomic E-state index is 0.497. The molecule has 1 aliphatic rings. The third-order valence-electron chi connectivity index (χ3n) is 2.21. The molecule has 1 saturated heterocycles. The van der Waals surface area contributed by atoms with E-state index in [1.165, 1.54) is 6.92 Å². The second-order valence-electron chi connectivity index (χ2n) is 3.84. The van der Waals surface area contributed by atoms with Crippen LogP contribution in [0.5, 0.6) is 0 Å². The number of hydrogen-bond acceptors (Lipinski definition) is 9. The molecular weight excluding hydrogens is 302 g/mol. The average Bonchev–Trinajstić information content (AvgIpc) is 2.27. The zero-order chi connectivity index (χ0) is 16.1. The Bertz CT molecular complexity index is 401. The largest absolute Gasteiger partial charge is 0.434 e. The van der Waals surface area contributed by atoms with Gasteiger partial charge >= 0.3 is 16.4 Å². The van der Waals surface area contributed by atoms with Crippen molar-refractivity contribution in [3.05, 3.63) is 0 Å². The van der Waals surface area contributed by atoms with Crippen LogP contribution < -0.4 is 5.73 Å². The molecule has 0 spiro atoms. The number of ether oxygens (including phenoxy) is 2. The number of hydrogen-bond donors (Lipinski definition) is 6. The highest BCUT2D eigenvalue weighted by Gasteiger charge is 2.43. The molecule has 20 heavy (non-hydrogen) atoms. The lowest BCUT2D eigenvalue weighted by Crippen LogP contribution is -2.62. The molecular formula is C8H17NO10S. The third-order valence-corrected chi connectivity index (χ3v) is 2.21. The Balaban J connectivity index is 0.000000621. The van der Waals surface area contributed by atoms with Crippen molar-refractivity contribution in [1.29, 1.82) is 0 Å². The van der Waals surface area contributed by atoms with Crippen LogP contribution in [0.2, 0.25) is 0 Å². The van der Waals surface area contributed by atoms with Gasteiger partial charge in [-0.1, -0.05) is 0 Å². The van der Waals surface area contributed by atoms with Crippen LogP contribution in [0.4, 0.5) is 0 Å². The molecule has 120 valence electrons. The fraction of sp³-hybridized carbons (Fsp3) is 0.875. The maximum absolute atomic E-state index is 10.7. The first-order valence-electron chi connectivity index (χ1n) is 5.22. The van der Waals surface area contributed by atoms with E-state index in [0.717, 1.165) is 0 Å². The summed E-state index contributed by atoms with van der Waals surface area (Å²) in [6.45, 7) is 0.671. The first-order chi connectivity index (χ1) is 8.97. The number of carbonyl (C=O) groups is 1. The molecule has 1 aliphatic heterocycles. The van der Waals surface area contributed by atoms with Crippen LogP contribution in [0, 0.1) is 0 Å². The van der Waals surface area contributed by atoms with Crippen molar-refractivity contribution >= 4 is 16.4 Å². The molecule has 0 aromatic carbocycles. The van der Waals surface area contributed by atoms with E-state index in [1.807, 2.05) is 0 Å². The number of rotatable bonds is 2. The molecule has 0 aliphatic carbocycles. The molecule has 0 aromatic heterocycles. The van der Waals surface area contributed by atoms with Crippen molar-refractivity contribution in [2.75, 3.05) is 6.61 Å². The molecule has 0 bridgehead atoms. The molecule has 0 aromatic rings. The van der Waals surface area contributed by atoms with Gasteiger partial charge in [0.25, 0.3) is 0 Å². The van der Waals surface area contributed by atoms with Gasteiger partial charge in [-0.25, -0.2) is 0 Å². The van der Waals surface area contributed by atoms with Crippen molar-refractivity contribution in [1.82, 2.24) is 0 Å². The Kier molecular flexibility index (Phi) is 7.46. The average molecular weight is 319 g/mol. The number of aliphatic hydroxyl groups is 3. The van der Waals surface area contributed by atoms with Crippen molar-refractivity contribution in [3.8, 4) is 0 Å². The smallest absolute Gasteiger partial charge is 0.394 e. The molecule has 1 fully saturated rings. The highest BCUT2D eigenvalue weighted by Crippen LogP contribution is 2.20. The number of nitrogens with two attached hydrogens (primary N) is 1. The van der Waals surface area contributed by atoms with Crippen molar-refractivity contribution in [2.24, 2.45) is 5.73 Å². The Labute approximate surface area is 114 Å². The highest BCUT2D eigenvalue weighted by molar-refractivity contribution is 7.79. The zero-order valence-corrected chi connectivity index (χ0v) is 11.2. The minimum Gasteiger partial charge on any atom is -0.434 e. The highest BCUT2D eigenvalue weighted by atomic mass is 32.3. The van der Waals surface area contributed by atoms with Gasteiger partial charge in [-0.2, -0.15) is 8.42 Å². The van der Waals surface area contributed by atoms with Crippen molar-refractivity contribution in [3.63, 3.8) is 0 Å². The molecule has 12 heteroatoms. The third kappa shape index (κ3) is 7.06. The summed E-state index contributed by atoms with van der Waals surface area (Å²) in [7, 11) is -4.67. The maximum atomic E-state index is 10.7. The zero-order valence-electron chi connectivity index (χ0n) is 10.4. The van der Waals surface area contributed by atoms with Gasteiger partial charge in [-0.3, -0.25) is 13.9 Å². The van der Waals surface area contributed by atoms with E-state index in [2.05, 4.69) is 4.74 Å². The Morgan fingerprint density at radius 2 is 1.75 bits per heavy atom. The summed E-state index contributed by atoms with van der Waals surface area (Å²) in [5.41, 5.74) is 5.48. The van der Waals surface area contributed by atoms with Crippen molar-refractivity contribution < 1.29 is 47.1 Å². The van der Waals surface area contributed by atoms with Crippen LogP contribution in [0.1, 0.15) is 6.92 Å². The van der Waals surface area contributed by atoms with Gasteiger partial charge in [-0.15, -0.1) is 0 Å². The van der Waals surface area contributed by atoms with Gasteiger partial charge in [0.2, 0.25) is 6.29 Å². The Morgan fingerprint density at radius 1 is 1.30 bits per heavy atom. The second kappa shape index (κ2) is 7.80. The van der Waals surface area contributed by atoms with Crippen LogP contribution >= 0.6 is 0 Å². The number of carbonyl (C=O) groups excluding carboxylic acids is 1. The van der Waals surface area contributed by atoms with Gasteiger partial charge in [-0.05, 0) is 0 Å².